The average molecular weight is 480 g/mol. The number of rotatable bonds is 7. The number of aliphatic imine (C=N–C) groups is 1. The van der Waals surface area contributed by atoms with Gasteiger partial charge in [0.05, 0.1) is 25.8 Å². The number of anilines is 1. The highest BCUT2D eigenvalue weighted by molar-refractivity contribution is 5.94. The summed E-state index contributed by atoms with van der Waals surface area (Å²) in [6.07, 6.45) is 2.21. The molecule has 2 saturated heterocycles. The number of nitrogens with one attached hydrogen (secondary N) is 1. The van der Waals surface area contributed by atoms with Crippen molar-refractivity contribution in [1.29, 1.82) is 0 Å². The molecule has 9 heteroatoms. The first-order valence-corrected chi connectivity index (χ1v) is 12.0. The third-order valence-electron chi connectivity index (χ3n) is 6.42. The van der Waals surface area contributed by atoms with Gasteiger partial charge in [-0.15, -0.1) is 0 Å². The molecule has 0 radical (unpaired) electrons. The molecule has 0 aliphatic carbocycles. The predicted octanol–water partition coefficient (Wildman–Crippen LogP) is 2.60. The Balaban J connectivity index is 1.43. The SMILES string of the molecule is COc1cccc(CN=C(Nc2ccc(C(=O)O)cc2)N2CCN(CC(=O)N3CCCC3)CC2)c1. The van der Waals surface area contributed by atoms with Crippen LogP contribution < -0.4 is 10.1 Å². The molecule has 0 aromatic heterocycles. The molecule has 1 amide bonds. The van der Waals surface area contributed by atoms with Crippen molar-refractivity contribution in [2.45, 2.75) is 19.4 Å². The topological polar surface area (TPSA) is 97.7 Å². The van der Waals surface area contributed by atoms with Crippen LogP contribution in [-0.2, 0) is 11.3 Å². The van der Waals surface area contributed by atoms with Crippen molar-refractivity contribution in [2.24, 2.45) is 4.99 Å². The maximum Gasteiger partial charge on any atom is 0.335 e. The number of aromatic carboxylic acids is 1. The summed E-state index contributed by atoms with van der Waals surface area (Å²) in [4.78, 5) is 34.9. The second kappa shape index (κ2) is 11.7. The van der Waals surface area contributed by atoms with E-state index in [1.807, 2.05) is 29.2 Å². The molecular formula is C26H33N5O4. The first kappa shape index (κ1) is 24.5. The third-order valence-corrected chi connectivity index (χ3v) is 6.42. The first-order valence-electron chi connectivity index (χ1n) is 12.0. The number of ether oxygens (including phenoxy) is 1. The van der Waals surface area contributed by atoms with E-state index in [2.05, 4.69) is 15.1 Å². The van der Waals surface area contributed by atoms with Crippen LogP contribution >= 0.6 is 0 Å². The predicted molar refractivity (Wildman–Crippen MR) is 135 cm³/mol. The number of piperazine rings is 1. The van der Waals surface area contributed by atoms with E-state index in [-0.39, 0.29) is 11.5 Å². The van der Waals surface area contributed by atoms with Crippen molar-refractivity contribution in [3.05, 3.63) is 59.7 Å². The monoisotopic (exact) mass is 479 g/mol. The number of benzene rings is 2. The molecule has 0 saturated carbocycles. The smallest absolute Gasteiger partial charge is 0.335 e. The standard InChI is InChI=1S/C26H33N5O4/c1-35-23-6-4-5-20(17-23)18-27-26(28-22-9-7-21(8-10-22)25(33)34)31-15-13-29(14-16-31)19-24(32)30-11-2-3-12-30/h4-10,17H,2-3,11-16,18-19H2,1H3,(H,27,28)(H,33,34). The Bertz CT molecular complexity index is 1040. The molecule has 186 valence electrons. The quantitative estimate of drug-likeness (QED) is 0.465. The van der Waals surface area contributed by atoms with Gasteiger partial charge in [-0.05, 0) is 54.8 Å². The first-order chi connectivity index (χ1) is 17.0. The molecule has 0 unspecified atom stereocenters. The van der Waals surface area contributed by atoms with Gasteiger partial charge in [-0.1, -0.05) is 12.1 Å². The number of hydrogen-bond donors (Lipinski definition) is 2. The summed E-state index contributed by atoms with van der Waals surface area (Å²) in [5.74, 6) is 0.775. The molecule has 2 heterocycles. The Hall–Kier alpha value is -3.59. The molecular weight excluding hydrogens is 446 g/mol. The van der Waals surface area contributed by atoms with Crippen molar-refractivity contribution in [3.63, 3.8) is 0 Å². The van der Waals surface area contributed by atoms with Crippen molar-refractivity contribution in [1.82, 2.24) is 14.7 Å². The number of nitrogens with zero attached hydrogens (tertiary/aromatic N) is 4. The van der Waals surface area contributed by atoms with Gasteiger partial charge in [0.2, 0.25) is 5.91 Å². The van der Waals surface area contributed by atoms with Crippen LogP contribution in [-0.4, -0.2) is 90.6 Å². The molecule has 0 spiro atoms. The maximum absolute atomic E-state index is 12.5. The minimum absolute atomic E-state index is 0.222. The summed E-state index contributed by atoms with van der Waals surface area (Å²) in [6, 6.07) is 14.5. The second-order valence-electron chi connectivity index (χ2n) is 8.85. The van der Waals surface area contributed by atoms with E-state index in [1.54, 1.807) is 31.4 Å². The van der Waals surface area contributed by atoms with Gasteiger partial charge in [-0.25, -0.2) is 9.79 Å². The van der Waals surface area contributed by atoms with Gasteiger partial charge >= 0.3 is 5.97 Å². The lowest BCUT2D eigenvalue weighted by molar-refractivity contribution is -0.131. The van der Waals surface area contributed by atoms with Crippen molar-refractivity contribution in [2.75, 3.05) is 58.2 Å². The molecule has 2 aliphatic heterocycles. The Morgan fingerprint density at radius 2 is 1.69 bits per heavy atom. The van der Waals surface area contributed by atoms with Crippen LogP contribution in [0.4, 0.5) is 5.69 Å². The highest BCUT2D eigenvalue weighted by Gasteiger charge is 2.25. The van der Waals surface area contributed by atoms with Crippen LogP contribution in [0, 0.1) is 0 Å². The van der Waals surface area contributed by atoms with Gasteiger partial charge in [-0.2, -0.15) is 0 Å². The maximum atomic E-state index is 12.5. The van der Waals surface area contributed by atoms with Crippen molar-refractivity contribution >= 4 is 23.5 Å². The summed E-state index contributed by atoms with van der Waals surface area (Å²) in [5.41, 5.74) is 2.03. The summed E-state index contributed by atoms with van der Waals surface area (Å²) in [7, 11) is 1.64. The van der Waals surface area contributed by atoms with E-state index in [4.69, 9.17) is 9.73 Å². The molecule has 2 aromatic carbocycles. The molecule has 35 heavy (non-hydrogen) atoms. The Morgan fingerprint density at radius 1 is 0.971 bits per heavy atom. The van der Waals surface area contributed by atoms with E-state index in [0.717, 1.165) is 75.1 Å². The van der Waals surface area contributed by atoms with Gasteiger partial charge < -0.3 is 25.0 Å². The number of guanidine groups is 1. The Kier molecular flexibility index (Phi) is 8.20. The summed E-state index contributed by atoms with van der Waals surface area (Å²) >= 11 is 0. The molecule has 0 bridgehead atoms. The lowest BCUT2D eigenvalue weighted by Crippen LogP contribution is -2.52. The number of likely N-dealkylation sites (tertiary alicyclic amines) is 1. The van der Waals surface area contributed by atoms with Crippen molar-refractivity contribution in [3.8, 4) is 5.75 Å². The molecule has 0 atom stereocenters. The summed E-state index contributed by atoms with van der Waals surface area (Å²) in [5, 5.41) is 12.5. The summed E-state index contributed by atoms with van der Waals surface area (Å²) < 4.78 is 5.33. The van der Waals surface area contributed by atoms with Gasteiger partial charge in [-0.3, -0.25) is 9.69 Å². The highest BCUT2D eigenvalue weighted by Crippen LogP contribution is 2.16. The number of amides is 1. The Labute approximate surface area is 206 Å². The fraction of sp³-hybridized carbons (Fsp3) is 0.423. The number of hydrogen-bond acceptors (Lipinski definition) is 5. The normalized spacial score (nSPS) is 16.9. The van der Waals surface area contributed by atoms with Gasteiger partial charge in [0, 0.05) is 45.0 Å². The number of carbonyl (C=O) groups is 2. The van der Waals surface area contributed by atoms with Crippen LogP contribution in [0.25, 0.3) is 0 Å². The van der Waals surface area contributed by atoms with E-state index in [0.29, 0.717) is 13.1 Å². The number of carbonyl (C=O) groups excluding carboxylic acids is 1. The van der Waals surface area contributed by atoms with Gasteiger partial charge in [0.15, 0.2) is 5.96 Å². The zero-order chi connectivity index (χ0) is 24.6. The fourth-order valence-corrected chi connectivity index (χ4v) is 4.36. The van der Waals surface area contributed by atoms with E-state index in [1.165, 1.54) is 0 Å². The molecule has 2 aliphatic rings. The van der Waals surface area contributed by atoms with E-state index >= 15 is 0 Å². The van der Waals surface area contributed by atoms with Crippen LogP contribution in [0.5, 0.6) is 5.75 Å². The molecule has 2 N–H and O–H groups in total. The van der Waals surface area contributed by atoms with Crippen LogP contribution in [0.1, 0.15) is 28.8 Å². The van der Waals surface area contributed by atoms with Gasteiger partial charge in [0.1, 0.15) is 5.75 Å². The molecule has 4 rings (SSSR count). The minimum atomic E-state index is -0.955. The van der Waals surface area contributed by atoms with Crippen LogP contribution in [0.3, 0.4) is 0 Å². The molecule has 2 aromatic rings. The summed E-state index contributed by atoms with van der Waals surface area (Å²) in [6.45, 7) is 5.73. The highest BCUT2D eigenvalue weighted by atomic mass is 16.5. The van der Waals surface area contributed by atoms with Gasteiger partial charge in [0.25, 0.3) is 0 Å². The fourth-order valence-electron chi connectivity index (χ4n) is 4.36. The van der Waals surface area contributed by atoms with E-state index in [9.17, 15) is 14.7 Å². The zero-order valence-corrected chi connectivity index (χ0v) is 20.2. The zero-order valence-electron chi connectivity index (χ0n) is 20.2. The average Bonchev–Trinajstić information content (AvgIpc) is 3.43. The Morgan fingerprint density at radius 3 is 2.34 bits per heavy atom. The largest absolute Gasteiger partial charge is 0.497 e. The van der Waals surface area contributed by atoms with Crippen molar-refractivity contribution < 1.29 is 19.4 Å². The third kappa shape index (κ3) is 6.73. The molecule has 2 fully saturated rings. The number of carboxylic acids is 1. The van der Waals surface area contributed by atoms with Crippen LogP contribution in [0.2, 0.25) is 0 Å². The number of methoxy groups -OCH3 is 1. The second-order valence-corrected chi connectivity index (χ2v) is 8.85. The lowest BCUT2D eigenvalue weighted by Gasteiger charge is -2.36. The van der Waals surface area contributed by atoms with Crippen LogP contribution in [0.15, 0.2) is 53.5 Å². The lowest BCUT2D eigenvalue weighted by atomic mass is 10.2. The minimum Gasteiger partial charge on any atom is -0.497 e. The molecule has 9 nitrogen and oxygen atoms in total. The van der Waals surface area contributed by atoms with E-state index < -0.39 is 5.97 Å². The number of carboxylic acid groups (broad SMARTS) is 1.